The highest BCUT2D eigenvalue weighted by atomic mass is 19.1. The summed E-state index contributed by atoms with van der Waals surface area (Å²) in [6.07, 6.45) is 1.61. The zero-order chi connectivity index (χ0) is 19.0. The lowest BCUT2D eigenvalue weighted by molar-refractivity contribution is 0.144. The standard InChI is InChI=1S/C21H23F2N3O/c22-16-5-6-18(19(23)11-16)20-17-4-2-1-3-15(17)8-10-26(20)21(27)25-9-7-14(12-24)13-25/h1-6,11,14,20H,7-10,12-13,24H2. The Labute approximate surface area is 157 Å². The number of nitrogens with zero attached hydrogens (tertiary/aromatic N) is 2. The van der Waals surface area contributed by atoms with Gasteiger partial charge in [0.05, 0.1) is 6.04 Å². The molecule has 0 spiro atoms. The van der Waals surface area contributed by atoms with E-state index in [4.69, 9.17) is 5.73 Å². The van der Waals surface area contributed by atoms with Crippen LogP contribution in [0.5, 0.6) is 0 Å². The summed E-state index contributed by atoms with van der Waals surface area (Å²) in [6, 6.07) is 10.7. The second-order valence-corrected chi connectivity index (χ2v) is 7.33. The van der Waals surface area contributed by atoms with Gasteiger partial charge < -0.3 is 15.5 Å². The summed E-state index contributed by atoms with van der Waals surface area (Å²) in [6.45, 7) is 2.35. The summed E-state index contributed by atoms with van der Waals surface area (Å²) in [5, 5.41) is 0. The molecule has 2 unspecified atom stereocenters. The Bertz CT molecular complexity index is 857. The number of carbonyl (C=O) groups is 1. The quantitative estimate of drug-likeness (QED) is 0.881. The third kappa shape index (κ3) is 3.30. The number of benzene rings is 2. The molecule has 2 amide bonds. The average Bonchev–Trinajstić information content (AvgIpc) is 3.16. The molecule has 0 radical (unpaired) electrons. The number of amides is 2. The van der Waals surface area contributed by atoms with Crippen molar-refractivity contribution in [2.75, 3.05) is 26.2 Å². The molecule has 2 aliphatic rings. The fourth-order valence-electron chi connectivity index (χ4n) is 4.21. The first-order valence-corrected chi connectivity index (χ1v) is 9.37. The van der Waals surface area contributed by atoms with Crippen LogP contribution < -0.4 is 5.73 Å². The summed E-state index contributed by atoms with van der Waals surface area (Å²) in [5.41, 5.74) is 8.07. The maximum Gasteiger partial charge on any atom is 0.320 e. The number of nitrogens with two attached hydrogens (primary N) is 1. The Morgan fingerprint density at radius 1 is 1.11 bits per heavy atom. The molecule has 2 atom stereocenters. The first kappa shape index (κ1) is 17.9. The summed E-state index contributed by atoms with van der Waals surface area (Å²) < 4.78 is 28.1. The van der Waals surface area contributed by atoms with E-state index in [1.807, 2.05) is 24.3 Å². The smallest absolute Gasteiger partial charge is 0.320 e. The summed E-state index contributed by atoms with van der Waals surface area (Å²) in [7, 11) is 0. The molecule has 0 bridgehead atoms. The molecule has 1 saturated heterocycles. The molecule has 142 valence electrons. The Morgan fingerprint density at radius 3 is 2.67 bits per heavy atom. The van der Waals surface area contributed by atoms with E-state index >= 15 is 0 Å². The predicted octanol–water partition coefficient (Wildman–Crippen LogP) is 3.31. The molecule has 4 rings (SSSR count). The molecule has 27 heavy (non-hydrogen) atoms. The van der Waals surface area contributed by atoms with Crippen LogP contribution in [0.25, 0.3) is 0 Å². The topological polar surface area (TPSA) is 49.6 Å². The monoisotopic (exact) mass is 371 g/mol. The normalized spacial score (nSPS) is 22.0. The largest absolute Gasteiger partial charge is 0.330 e. The van der Waals surface area contributed by atoms with Crippen molar-refractivity contribution in [1.29, 1.82) is 0 Å². The maximum atomic E-state index is 14.7. The number of hydrogen-bond donors (Lipinski definition) is 1. The van der Waals surface area contributed by atoms with E-state index in [9.17, 15) is 13.6 Å². The first-order chi connectivity index (χ1) is 13.1. The second kappa shape index (κ2) is 7.27. The van der Waals surface area contributed by atoms with E-state index in [0.717, 1.165) is 30.0 Å². The first-order valence-electron chi connectivity index (χ1n) is 9.37. The van der Waals surface area contributed by atoms with Gasteiger partial charge in [0.25, 0.3) is 0 Å². The van der Waals surface area contributed by atoms with Crippen molar-refractivity contribution in [3.8, 4) is 0 Å². The highest BCUT2D eigenvalue weighted by Crippen LogP contribution is 2.37. The molecule has 2 aromatic rings. The van der Waals surface area contributed by atoms with Crippen molar-refractivity contribution in [2.45, 2.75) is 18.9 Å². The minimum atomic E-state index is -0.629. The second-order valence-electron chi connectivity index (χ2n) is 7.33. The Hall–Kier alpha value is -2.47. The third-order valence-electron chi connectivity index (χ3n) is 5.68. The van der Waals surface area contributed by atoms with Crippen LogP contribution in [0, 0.1) is 17.6 Å². The van der Waals surface area contributed by atoms with Gasteiger partial charge >= 0.3 is 6.03 Å². The molecule has 6 heteroatoms. The lowest BCUT2D eigenvalue weighted by Gasteiger charge is -2.39. The van der Waals surface area contributed by atoms with Crippen molar-refractivity contribution in [1.82, 2.24) is 9.80 Å². The highest BCUT2D eigenvalue weighted by Gasteiger charge is 2.37. The Balaban J connectivity index is 1.73. The lowest BCUT2D eigenvalue weighted by atomic mass is 9.88. The van der Waals surface area contributed by atoms with Gasteiger partial charge in [-0.25, -0.2) is 13.6 Å². The molecule has 2 aliphatic heterocycles. The van der Waals surface area contributed by atoms with Crippen LogP contribution in [-0.4, -0.2) is 42.0 Å². The van der Waals surface area contributed by atoms with E-state index in [2.05, 4.69) is 0 Å². The van der Waals surface area contributed by atoms with Crippen molar-refractivity contribution >= 4 is 6.03 Å². The van der Waals surface area contributed by atoms with Gasteiger partial charge in [-0.1, -0.05) is 30.3 Å². The van der Waals surface area contributed by atoms with Gasteiger partial charge in [-0.15, -0.1) is 0 Å². The Kier molecular flexibility index (Phi) is 4.83. The molecule has 1 fully saturated rings. The molecular formula is C21H23F2N3O. The number of likely N-dealkylation sites (tertiary alicyclic amines) is 1. The van der Waals surface area contributed by atoms with Gasteiger partial charge in [-0.05, 0) is 42.5 Å². The van der Waals surface area contributed by atoms with Crippen molar-refractivity contribution in [3.63, 3.8) is 0 Å². The summed E-state index contributed by atoms with van der Waals surface area (Å²) in [5.74, 6) is -0.939. The van der Waals surface area contributed by atoms with Crippen molar-refractivity contribution in [2.24, 2.45) is 11.7 Å². The van der Waals surface area contributed by atoms with Crippen LogP contribution in [0.2, 0.25) is 0 Å². The van der Waals surface area contributed by atoms with Gasteiger partial charge in [0.15, 0.2) is 0 Å². The van der Waals surface area contributed by atoms with E-state index in [1.165, 1.54) is 12.1 Å². The number of halogens is 2. The SMILES string of the molecule is NCC1CCN(C(=O)N2CCc3ccccc3C2c2ccc(F)cc2F)C1. The van der Waals surface area contributed by atoms with Gasteiger partial charge in [0.1, 0.15) is 11.6 Å². The average molecular weight is 371 g/mol. The predicted molar refractivity (Wildman–Crippen MR) is 99.2 cm³/mol. The Morgan fingerprint density at radius 2 is 1.93 bits per heavy atom. The summed E-state index contributed by atoms with van der Waals surface area (Å²) in [4.78, 5) is 16.8. The van der Waals surface area contributed by atoms with Gasteiger partial charge in [0.2, 0.25) is 0 Å². The third-order valence-corrected chi connectivity index (χ3v) is 5.68. The highest BCUT2D eigenvalue weighted by molar-refractivity contribution is 5.76. The van der Waals surface area contributed by atoms with Crippen LogP contribution >= 0.6 is 0 Å². The van der Waals surface area contributed by atoms with Crippen LogP contribution in [0.1, 0.15) is 29.2 Å². The van der Waals surface area contributed by atoms with E-state index < -0.39 is 17.7 Å². The van der Waals surface area contributed by atoms with E-state index in [0.29, 0.717) is 37.7 Å². The van der Waals surface area contributed by atoms with Crippen LogP contribution in [-0.2, 0) is 6.42 Å². The van der Waals surface area contributed by atoms with Gasteiger partial charge in [0, 0.05) is 31.3 Å². The maximum absolute atomic E-state index is 14.7. The molecular weight excluding hydrogens is 348 g/mol. The number of carbonyl (C=O) groups excluding carboxylic acids is 1. The molecule has 2 aromatic carbocycles. The molecule has 0 aliphatic carbocycles. The number of urea groups is 1. The zero-order valence-electron chi connectivity index (χ0n) is 15.1. The molecule has 2 heterocycles. The van der Waals surface area contributed by atoms with Crippen LogP contribution in [0.3, 0.4) is 0 Å². The summed E-state index contributed by atoms with van der Waals surface area (Å²) >= 11 is 0. The molecule has 2 N–H and O–H groups in total. The van der Waals surface area contributed by atoms with Gasteiger partial charge in [-0.3, -0.25) is 0 Å². The molecule has 4 nitrogen and oxygen atoms in total. The van der Waals surface area contributed by atoms with E-state index in [-0.39, 0.29) is 6.03 Å². The van der Waals surface area contributed by atoms with Crippen LogP contribution in [0.15, 0.2) is 42.5 Å². The molecule has 0 saturated carbocycles. The minimum Gasteiger partial charge on any atom is -0.330 e. The fourth-order valence-corrected chi connectivity index (χ4v) is 4.21. The number of hydrogen-bond acceptors (Lipinski definition) is 2. The van der Waals surface area contributed by atoms with Crippen LogP contribution in [0.4, 0.5) is 13.6 Å². The van der Waals surface area contributed by atoms with Crippen molar-refractivity contribution < 1.29 is 13.6 Å². The zero-order valence-corrected chi connectivity index (χ0v) is 15.1. The fraction of sp³-hybridized carbons (Fsp3) is 0.381. The number of fused-ring (bicyclic) bond motifs is 1. The lowest BCUT2D eigenvalue weighted by Crippen LogP contribution is -2.47. The molecule has 0 aromatic heterocycles. The van der Waals surface area contributed by atoms with E-state index in [1.54, 1.807) is 9.80 Å². The number of rotatable bonds is 2. The van der Waals surface area contributed by atoms with Crippen molar-refractivity contribution in [3.05, 3.63) is 70.8 Å². The van der Waals surface area contributed by atoms with Gasteiger partial charge in [-0.2, -0.15) is 0 Å². The minimum absolute atomic E-state index is 0.103.